The molecule has 0 radical (unpaired) electrons. The molecular formula is C14H10FN3O4. The SMILES string of the molecule is O=C(O)Cn1ccc(NC(=O)c2cc3cccc(F)c3o2)n1. The summed E-state index contributed by atoms with van der Waals surface area (Å²) in [5, 5.41) is 15.4. The number of amides is 1. The molecule has 2 N–H and O–H groups in total. The first-order valence-corrected chi connectivity index (χ1v) is 6.27. The van der Waals surface area contributed by atoms with Gasteiger partial charge in [-0.2, -0.15) is 5.10 Å². The summed E-state index contributed by atoms with van der Waals surface area (Å²) in [6, 6.07) is 7.25. The zero-order valence-electron chi connectivity index (χ0n) is 11.1. The normalized spacial score (nSPS) is 10.8. The fourth-order valence-corrected chi connectivity index (χ4v) is 1.97. The third-order valence-corrected chi connectivity index (χ3v) is 2.90. The first-order valence-electron chi connectivity index (χ1n) is 6.27. The average molecular weight is 303 g/mol. The molecule has 0 fully saturated rings. The number of carbonyl (C=O) groups is 2. The maximum absolute atomic E-state index is 13.5. The summed E-state index contributed by atoms with van der Waals surface area (Å²) in [6.45, 7) is -0.314. The summed E-state index contributed by atoms with van der Waals surface area (Å²) in [5.41, 5.74) is 0.00376. The van der Waals surface area contributed by atoms with Gasteiger partial charge in [-0.05, 0) is 12.1 Å². The Balaban J connectivity index is 1.79. The summed E-state index contributed by atoms with van der Waals surface area (Å²) >= 11 is 0. The van der Waals surface area contributed by atoms with E-state index in [0.717, 1.165) is 4.68 Å². The molecule has 1 aromatic carbocycles. The highest BCUT2D eigenvalue weighted by molar-refractivity contribution is 6.04. The second-order valence-corrected chi connectivity index (χ2v) is 4.52. The quantitative estimate of drug-likeness (QED) is 0.769. The highest BCUT2D eigenvalue weighted by Crippen LogP contribution is 2.22. The number of hydrogen-bond donors (Lipinski definition) is 2. The van der Waals surface area contributed by atoms with E-state index >= 15 is 0 Å². The van der Waals surface area contributed by atoms with Crippen LogP contribution in [0, 0.1) is 5.82 Å². The highest BCUT2D eigenvalue weighted by Gasteiger charge is 2.15. The van der Waals surface area contributed by atoms with Crippen LogP contribution in [0.3, 0.4) is 0 Å². The lowest BCUT2D eigenvalue weighted by Crippen LogP contribution is -2.13. The molecule has 7 nitrogen and oxygen atoms in total. The van der Waals surface area contributed by atoms with Gasteiger partial charge in [-0.1, -0.05) is 12.1 Å². The van der Waals surface area contributed by atoms with Crippen molar-refractivity contribution in [1.29, 1.82) is 0 Å². The van der Waals surface area contributed by atoms with Crippen LogP contribution < -0.4 is 5.32 Å². The lowest BCUT2D eigenvalue weighted by atomic mass is 10.2. The largest absolute Gasteiger partial charge is 0.480 e. The van der Waals surface area contributed by atoms with Crippen LogP contribution in [0.1, 0.15) is 10.6 Å². The number of benzene rings is 1. The van der Waals surface area contributed by atoms with Gasteiger partial charge in [-0.15, -0.1) is 0 Å². The molecule has 2 aromatic heterocycles. The minimum Gasteiger partial charge on any atom is -0.480 e. The maximum atomic E-state index is 13.5. The Hall–Kier alpha value is -3.16. The number of nitrogens with one attached hydrogen (secondary N) is 1. The fourth-order valence-electron chi connectivity index (χ4n) is 1.97. The van der Waals surface area contributed by atoms with Crippen LogP contribution in [-0.4, -0.2) is 26.8 Å². The fraction of sp³-hybridized carbons (Fsp3) is 0.0714. The van der Waals surface area contributed by atoms with E-state index in [9.17, 15) is 14.0 Å². The maximum Gasteiger partial charge on any atom is 0.325 e. The topological polar surface area (TPSA) is 97.4 Å². The van der Waals surface area contributed by atoms with Gasteiger partial charge in [0.25, 0.3) is 5.91 Å². The molecule has 0 bridgehead atoms. The van der Waals surface area contributed by atoms with Crippen LogP contribution >= 0.6 is 0 Å². The third-order valence-electron chi connectivity index (χ3n) is 2.90. The van der Waals surface area contributed by atoms with Gasteiger partial charge in [0, 0.05) is 17.6 Å². The number of nitrogens with zero attached hydrogens (tertiary/aromatic N) is 2. The zero-order valence-corrected chi connectivity index (χ0v) is 11.1. The number of hydrogen-bond acceptors (Lipinski definition) is 4. The Morgan fingerprint density at radius 1 is 1.36 bits per heavy atom. The molecule has 0 saturated heterocycles. The summed E-state index contributed by atoms with van der Waals surface area (Å²) < 4.78 is 19.9. The number of carbonyl (C=O) groups excluding carboxylic acids is 1. The standard InChI is InChI=1S/C14H10FN3O4/c15-9-3-1-2-8-6-10(22-13(8)9)14(21)16-11-4-5-18(17-11)7-12(19)20/h1-6H,7H2,(H,19,20)(H,16,17,21). The molecule has 3 rings (SSSR count). The van der Waals surface area contributed by atoms with E-state index in [1.807, 2.05) is 0 Å². The van der Waals surface area contributed by atoms with Gasteiger partial charge in [0.1, 0.15) is 6.54 Å². The van der Waals surface area contributed by atoms with Gasteiger partial charge in [0.15, 0.2) is 23.0 Å². The monoisotopic (exact) mass is 303 g/mol. The summed E-state index contributed by atoms with van der Waals surface area (Å²) in [4.78, 5) is 22.6. The number of carboxylic acids is 1. The smallest absolute Gasteiger partial charge is 0.325 e. The van der Waals surface area contributed by atoms with Crippen LogP contribution in [0.25, 0.3) is 11.0 Å². The molecule has 22 heavy (non-hydrogen) atoms. The van der Waals surface area contributed by atoms with Crippen LogP contribution in [0.5, 0.6) is 0 Å². The Morgan fingerprint density at radius 3 is 2.91 bits per heavy atom. The lowest BCUT2D eigenvalue weighted by molar-refractivity contribution is -0.137. The van der Waals surface area contributed by atoms with Crippen molar-refractivity contribution in [3.63, 3.8) is 0 Å². The van der Waals surface area contributed by atoms with Crippen molar-refractivity contribution < 1.29 is 23.5 Å². The molecular weight excluding hydrogens is 293 g/mol. The van der Waals surface area contributed by atoms with E-state index in [1.165, 1.54) is 30.5 Å². The second-order valence-electron chi connectivity index (χ2n) is 4.52. The Morgan fingerprint density at radius 2 is 2.18 bits per heavy atom. The molecule has 0 aliphatic rings. The third kappa shape index (κ3) is 2.66. The number of fused-ring (bicyclic) bond motifs is 1. The molecule has 8 heteroatoms. The van der Waals surface area contributed by atoms with Crippen molar-refractivity contribution in [3.05, 3.63) is 48.1 Å². The molecule has 3 aromatic rings. The number of para-hydroxylation sites is 1. The van der Waals surface area contributed by atoms with Gasteiger partial charge in [-0.25, -0.2) is 4.39 Å². The molecule has 2 heterocycles. The van der Waals surface area contributed by atoms with Crippen LogP contribution in [0.2, 0.25) is 0 Å². The van der Waals surface area contributed by atoms with E-state index in [4.69, 9.17) is 9.52 Å². The Labute approximate surface area is 122 Å². The number of rotatable bonds is 4. The van der Waals surface area contributed by atoms with Gasteiger partial charge >= 0.3 is 5.97 Å². The number of aliphatic carboxylic acids is 1. The molecule has 112 valence electrons. The number of halogens is 1. The van der Waals surface area contributed by atoms with Crippen molar-refractivity contribution in [2.45, 2.75) is 6.54 Å². The number of aromatic nitrogens is 2. The average Bonchev–Trinajstić information content (AvgIpc) is 3.05. The predicted octanol–water partition coefficient (Wildman–Crippen LogP) is 2.11. The summed E-state index contributed by atoms with van der Waals surface area (Å²) in [6.07, 6.45) is 1.42. The van der Waals surface area contributed by atoms with Gasteiger partial charge < -0.3 is 14.8 Å². The van der Waals surface area contributed by atoms with E-state index in [0.29, 0.717) is 5.39 Å². The Kier molecular flexibility index (Phi) is 3.34. The molecule has 0 unspecified atom stereocenters. The predicted molar refractivity (Wildman–Crippen MR) is 74.0 cm³/mol. The first kappa shape index (κ1) is 13.8. The minimum absolute atomic E-state index is 0.00376. The van der Waals surface area contributed by atoms with E-state index in [2.05, 4.69) is 10.4 Å². The van der Waals surface area contributed by atoms with Crippen LogP contribution in [-0.2, 0) is 11.3 Å². The number of anilines is 1. The highest BCUT2D eigenvalue weighted by atomic mass is 19.1. The van der Waals surface area contributed by atoms with Crippen molar-refractivity contribution in [1.82, 2.24) is 9.78 Å². The number of carboxylic acid groups (broad SMARTS) is 1. The Bertz CT molecular complexity index is 868. The zero-order chi connectivity index (χ0) is 15.7. The van der Waals surface area contributed by atoms with Gasteiger partial charge in [0.05, 0.1) is 0 Å². The molecule has 0 aliphatic heterocycles. The van der Waals surface area contributed by atoms with Gasteiger partial charge in [-0.3, -0.25) is 14.3 Å². The first-order chi connectivity index (χ1) is 10.5. The summed E-state index contributed by atoms with van der Waals surface area (Å²) in [7, 11) is 0. The second kappa shape index (κ2) is 5.32. The van der Waals surface area contributed by atoms with Crippen LogP contribution in [0.15, 0.2) is 40.9 Å². The van der Waals surface area contributed by atoms with Gasteiger partial charge in [0.2, 0.25) is 0 Å². The van der Waals surface area contributed by atoms with Crippen molar-refractivity contribution in [2.24, 2.45) is 0 Å². The molecule has 0 spiro atoms. The molecule has 0 aliphatic carbocycles. The van der Waals surface area contributed by atoms with Crippen LogP contribution in [0.4, 0.5) is 10.2 Å². The molecule has 1 amide bonds. The van der Waals surface area contributed by atoms with E-state index in [-0.39, 0.29) is 23.7 Å². The molecule has 0 saturated carbocycles. The summed E-state index contributed by atoms with van der Waals surface area (Å²) in [5.74, 6) is -2.09. The minimum atomic E-state index is -1.05. The number of furan rings is 1. The lowest BCUT2D eigenvalue weighted by Gasteiger charge is -1.98. The van der Waals surface area contributed by atoms with E-state index < -0.39 is 17.7 Å². The van der Waals surface area contributed by atoms with Crippen molar-refractivity contribution >= 4 is 28.7 Å². The van der Waals surface area contributed by atoms with E-state index in [1.54, 1.807) is 6.07 Å². The molecule has 0 atom stereocenters. The van der Waals surface area contributed by atoms with Crippen molar-refractivity contribution in [2.75, 3.05) is 5.32 Å². The van der Waals surface area contributed by atoms with Crippen molar-refractivity contribution in [3.8, 4) is 0 Å².